The highest BCUT2D eigenvalue weighted by atomic mass is 35.5. The summed E-state index contributed by atoms with van der Waals surface area (Å²) in [4.78, 5) is 21.1. The standard InChI is InChI=1S/C24H21Cl2F2N5O3/c1-12-10-32(31-22(12)24(3,4)35)20-7-18(15(25)9-30-20)33-13(2)5-19(21(26)23(33)34)36-11-17-16(28)6-14(27)8-29-17/h5-10,35H,11H2,1-4H3. The van der Waals surface area contributed by atoms with E-state index in [0.717, 1.165) is 11.8 Å². The molecule has 12 heteroatoms. The molecule has 4 heterocycles. The second-order valence-electron chi connectivity index (χ2n) is 8.63. The highest BCUT2D eigenvalue weighted by molar-refractivity contribution is 6.32. The maximum Gasteiger partial charge on any atom is 0.277 e. The molecule has 1 N–H and O–H groups in total. The van der Waals surface area contributed by atoms with Gasteiger partial charge in [-0.3, -0.25) is 14.3 Å². The van der Waals surface area contributed by atoms with E-state index < -0.39 is 22.8 Å². The molecule has 0 amide bonds. The summed E-state index contributed by atoms with van der Waals surface area (Å²) in [6, 6.07) is 3.74. The third-order valence-electron chi connectivity index (χ3n) is 5.32. The minimum absolute atomic E-state index is 0.00358. The summed E-state index contributed by atoms with van der Waals surface area (Å²) in [6.45, 7) is 6.35. The van der Waals surface area contributed by atoms with Crippen LogP contribution in [0.4, 0.5) is 8.78 Å². The van der Waals surface area contributed by atoms with Crippen molar-refractivity contribution < 1.29 is 18.6 Å². The number of aryl methyl sites for hydroxylation is 2. The Morgan fingerprint density at radius 2 is 1.83 bits per heavy atom. The number of aliphatic hydroxyl groups is 1. The first-order chi connectivity index (χ1) is 16.9. The molecule has 188 valence electrons. The maximum absolute atomic E-state index is 13.9. The van der Waals surface area contributed by atoms with Crippen LogP contribution in [-0.4, -0.2) is 29.4 Å². The molecule has 0 bridgehead atoms. The number of pyridine rings is 3. The predicted octanol–water partition coefficient (Wildman–Crippen LogP) is 4.82. The van der Waals surface area contributed by atoms with Crippen molar-refractivity contribution in [2.75, 3.05) is 0 Å². The number of hydrogen-bond acceptors (Lipinski definition) is 6. The normalized spacial score (nSPS) is 11.7. The molecule has 8 nitrogen and oxygen atoms in total. The van der Waals surface area contributed by atoms with E-state index in [9.17, 15) is 18.7 Å². The van der Waals surface area contributed by atoms with Gasteiger partial charge in [-0.15, -0.1) is 0 Å². The van der Waals surface area contributed by atoms with Crippen molar-refractivity contribution in [3.8, 4) is 17.3 Å². The molecule has 4 rings (SSSR count). The number of aromatic nitrogens is 5. The third kappa shape index (κ3) is 4.97. The summed E-state index contributed by atoms with van der Waals surface area (Å²) in [7, 11) is 0. The van der Waals surface area contributed by atoms with Gasteiger partial charge in [0.2, 0.25) is 0 Å². The molecule has 0 aromatic carbocycles. The van der Waals surface area contributed by atoms with Crippen molar-refractivity contribution in [3.63, 3.8) is 0 Å². The number of hydrogen-bond donors (Lipinski definition) is 1. The Bertz CT molecular complexity index is 1530. The van der Waals surface area contributed by atoms with Crippen LogP contribution in [0, 0.1) is 25.5 Å². The summed E-state index contributed by atoms with van der Waals surface area (Å²) in [6.07, 6.45) is 3.94. The lowest BCUT2D eigenvalue weighted by Crippen LogP contribution is -2.22. The Balaban J connectivity index is 1.72. The maximum atomic E-state index is 13.9. The first-order valence-electron chi connectivity index (χ1n) is 10.7. The minimum atomic E-state index is -1.16. The van der Waals surface area contributed by atoms with Crippen LogP contribution in [0.25, 0.3) is 11.5 Å². The van der Waals surface area contributed by atoms with E-state index in [1.54, 1.807) is 33.0 Å². The Morgan fingerprint density at radius 1 is 1.11 bits per heavy atom. The van der Waals surface area contributed by atoms with E-state index >= 15 is 0 Å². The topological polar surface area (TPSA) is 95.1 Å². The smallest absolute Gasteiger partial charge is 0.277 e. The molecule has 0 aliphatic heterocycles. The highest BCUT2D eigenvalue weighted by Gasteiger charge is 2.24. The number of nitrogens with zero attached hydrogens (tertiary/aromatic N) is 5. The van der Waals surface area contributed by atoms with Crippen LogP contribution >= 0.6 is 23.2 Å². The Morgan fingerprint density at radius 3 is 2.47 bits per heavy atom. The SMILES string of the molecule is Cc1cn(-c2cc(-n3c(C)cc(OCc4ncc(F)cc4F)c(Cl)c3=O)c(Cl)cn2)nc1C(C)(C)O. The van der Waals surface area contributed by atoms with E-state index in [1.165, 1.54) is 21.5 Å². The van der Waals surface area contributed by atoms with Gasteiger partial charge in [-0.1, -0.05) is 23.2 Å². The Labute approximate surface area is 214 Å². The zero-order valence-corrected chi connectivity index (χ0v) is 21.2. The summed E-state index contributed by atoms with van der Waals surface area (Å²) in [5.74, 6) is -1.34. The van der Waals surface area contributed by atoms with Gasteiger partial charge in [-0.2, -0.15) is 5.10 Å². The fourth-order valence-electron chi connectivity index (χ4n) is 3.68. The fourth-order valence-corrected chi connectivity index (χ4v) is 4.06. The third-order valence-corrected chi connectivity index (χ3v) is 5.96. The average molecular weight is 536 g/mol. The van der Waals surface area contributed by atoms with Crippen molar-refractivity contribution in [1.82, 2.24) is 24.3 Å². The van der Waals surface area contributed by atoms with Gasteiger partial charge in [-0.25, -0.2) is 18.4 Å². The Kier molecular flexibility index (Phi) is 6.87. The van der Waals surface area contributed by atoms with Gasteiger partial charge in [0.1, 0.15) is 34.5 Å². The average Bonchev–Trinajstić information content (AvgIpc) is 3.19. The molecule has 0 unspecified atom stereocenters. The molecular formula is C24H21Cl2F2N5O3. The van der Waals surface area contributed by atoms with Crippen molar-refractivity contribution in [1.29, 1.82) is 0 Å². The summed E-state index contributed by atoms with van der Waals surface area (Å²) < 4.78 is 35.3. The second kappa shape index (κ2) is 9.61. The van der Waals surface area contributed by atoms with Crippen LogP contribution in [0.15, 0.2) is 41.6 Å². The zero-order chi connectivity index (χ0) is 26.4. The van der Waals surface area contributed by atoms with E-state index in [1.807, 2.05) is 6.92 Å². The molecule has 0 fully saturated rings. The molecule has 0 radical (unpaired) electrons. The number of rotatable bonds is 6. The van der Waals surface area contributed by atoms with Crippen LogP contribution in [-0.2, 0) is 12.2 Å². The van der Waals surface area contributed by atoms with Crippen LogP contribution in [0.3, 0.4) is 0 Å². The number of halogens is 4. The number of ether oxygens (including phenoxy) is 1. The molecule has 0 aliphatic rings. The minimum Gasteiger partial charge on any atom is -0.485 e. The van der Waals surface area contributed by atoms with Gasteiger partial charge in [0.05, 0.1) is 28.8 Å². The molecular weight excluding hydrogens is 515 g/mol. The Hall–Kier alpha value is -3.34. The molecule has 4 aromatic heterocycles. The summed E-state index contributed by atoms with van der Waals surface area (Å²) in [5.41, 5.74) is 0.00899. The van der Waals surface area contributed by atoms with Gasteiger partial charge in [0.15, 0.2) is 11.6 Å². The van der Waals surface area contributed by atoms with Gasteiger partial charge in [0.25, 0.3) is 5.56 Å². The van der Waals surface area contributed by atoms with Crippen LogP contribution in [0.2, 0.25) is 10.0 Å². The van der Waals surface area contributed by atoms with Crippen molar-refractivity contribution in [3.05, 3.63) is 91.5 Å². The van der Waals surface area contributed by atoms with Gasteiger partial charge < -0.3 is 9.84 Å². The molecule has 4 aromatic rings. The molecule has 0 spiro atoms. The summed E-state index contributed by atoms with van der Waals surface area (Å²) >= 11 is 12.7. The lowest BCUT2D eigenvalue weighted by molar-refractivity contribution is 0.0728. The molecule has 0 saturated carbocycles. The quantitative estimate of drug-likeness (QED) is 0.380. The predicted molar refractivity (Wildman–Crippen MR) is 130 cm³/mol. The van der Waals surface area contributed by atoms with Gasteiger partial charge >= 0.3 is 0 Å². The molecule has 0 aliphatic carbocycles. The van der Waals surface area contributed by atoms with Crippen LogP contribution in [0.1, 0.15) is 36.5 Å². The van der Waals surface area contributed by atoms with E-state index in [0.29, 0.717) is 29.0 Å². The fraction of sp³-hybridized carbons (Fsp3) is 0.250. The largest absolute Gasteiger partial charge is 0.485 e. The van der Waals surface area contributed by atoms with Crippen LogP contribution in [0.5, 0.6) is 5.75 Å². The van der Waals surface area contributed by atoms with E-state index in [-0.39, 0.29) is 28.1 Å². The first kappa shape index (κ1) is 25.7. The molecule has 0 atom stereocenters. The van der Waals surface area contributed by atoms with Crippen LogP contribution < -0.4 is 10.3 Å². The van der Waals surface area contributed by atoms with Crippen molar-refractivity contribution >= 4 is 23.2 Å². The monoisotopic (exact) mass is 535 g/mol. The second-order valence-corrected chi connectivity index (χ2v) is 9.42. The van der Waals surface area contributed by atoms with E-state index in [2.05, 4.69) is 15.1 Å². The van der Waals surface area contributed by atoms with Crippen molar-refractivity contribution in [2.24, 2.45) is 0 Å². The highest BCUT2D eigenvalue weighted by Crippen LogP contribution is 2.29. The summed E-state index contributed by atoms with van der Waals surface area (Å²) in [5, 5.41) is 14.7. The first-order valence-corrected chi connectivity index (χ1v) is 11.4. The lowest BCUT2D eigenvalue weighted by Gasteiger charge is -2.16. The van der Waals surface area contributed by atoms with Gasteiger partial charge in [-0.05, 0) is 33.3 Å². The molecule has 36 heavy (non-hydrogen) atoms. The zero-order valence-electron chi connectivity index (χ0n) is 19.7. The van der Waals surface area contributed by atoms with Crippen molar-refractivity contribution in [2.45, 2.75) is 39.9 Å². The molecule has 0 saturated heterocycles. The lowest BCUT2D eigenvalue weighted by atomic mass is 10.0. The van der Waals surface area contributed by atoms with Gasteiger partial charge in [0, 0.05) is 30.1 Å². The van der Waals surface area contributed by atoms with E-state index in [4.69, 9.17) is 27.9 Å².